The van der Waals surface area contributed by atoms with Crippen LogP contribution in [0.2, 0.25) is 0 Å². The van der Waals surface area contributed by atoms with Crippen LogP contribution in [0.1, 0.15) is 17.2 Å². The molecule has 1 heterocycles. The Labute approximate surface area is 124 Å². The Hall–Kier alpha value is -2.33. The van der Waals surface area contributed by atoms with Crippen molar-refractivity contribution < 1.29 is 9.53 Å². The summed E-state index contributed by atoms with van der Waals surface area (Å²) in [7, 11) is 0. The number of piperazine rings is 1. The third kappa shape index (κ3) is 3.41. The Morgan fingerprint density at radius 3 is 2.48 bits per heavy atom. The van der Waals surface area contributed by atoms with Crippen LogP contribution in [0.3, 0.4) is 0 Å². The van der Waals surface area contributed by atoms with Gasteiger partial charge in [0.25, 0.3) is 0 Å². The zero-order valence-corrected chi connectivity index (χ0v) is 11.7. The number of rotatable bonds is 4. The zero-order chi connectivity index (χ0) is 14.5. The lowest BCUT2D eigenvalue weighted by Gasteiger charge is -2.23. The van der Waals surface area contributed by atoms with Crippen molar-refractivity contribution >= 4 is 5.91 Å². The molecule has 4 nitrogen and oxygen atoms in total. The normalized spacial score (nSPS) is 18.1. The molecule has 4 heteroatoms. The second kappa shape index (κ2) is 6.41. The number of ether oxygens (including phenoxy) is 1. The molecular weight excluding hydrogens is 264 g/mol. The quantitative estimate of drug-likeness (QED) is 0.902. The molecule has 21 heavy (non-hydrogen) atoms. The Bertz CT molecular complexity index is 596. The minimum Gasteiger partial charge on any atom is -0.489 e. The molecule has 2 aromatic rings. The summed E-state index contributed by atoms with van der Waals surface area (Å²) < 4.78 is 5.74. The molecule has 1 fully saturated rings. The smallest absolute Gasteiger partial charge is 0.241 e. The Morgan fingerprint density at radius 1 is 1.00 bits per heavy atom. The molecular formula is C17H18N2O2. The molecule has 1 aliphatic heterocycles. The highest BCUT2D eigenvalue weighted by atomic mass is 16.5. The van der Waals surface area contributed by atoms with E-state index in [2.05, 4.69) is 10.6 Å². The van der Waals surface area contributed by atoms with E-state index in [4.69, 9.17) is 4.74 Å². The average molecular weight is 282 g/mol. The highest BCUT2D eigenvalue weighted by molar-refractivity contribution is 5.83. The van der Waals surface area contributed by atoms with E-state index in [9.17, 15) is 4.79 Å². The van der Waals surface area contributed by atoms with Gasteiger partial charge >= 0.3 is 0 Å². The summed E-state index contributed by atoms with van der Waals surface area (Å²) in [5.41, 5.74) is 2.09. The van der Waals surface area contributed by atoms with Crippen molar-refractivity contribution in [3.8, 4) is 5.75 Å². The van der Waals surface area contributed by atoms with Crippen molar-refractivity contribution in [2.24, 2.45) is 0 Å². The molecule has 1 unspecified atom stereocenters. The minimum atomic E-state index is -0.262. The van der Waals surface area contributed by atoms with Gasteiger partial charge in [-0.15, -0.1) is 0 Å². The van der Waals surface area contributed by atoms with Crippen LogP contribution in [0, 0.1) is 0 Å². The number of amides is 1. The fourth-order valence-electron chi connectivity index (χ4n) is 2.36. The van der Waals surface area contributed by atoms with Gasteiger partial charge in [-0.05, 0) is 23.3 Å². The summed E-state index contributed by atoms with van der Waals surface area (Å²) in [6.07, 6.45) is 0. The van der Waals surface area contributed by atoms with Crippen molar-refractivity contribution in [2.45, 2.75) is 12.6 Å². The molecule has 3 rings (SSSR count). The fourth-order valence-corrected chi connectivity index (χ4v) is 2.36. The lowest BCUT2D eigenvalue weighted by molar-refractivity contribution is -0.124. The molecule has 1 aliphatic rings. The van der Waals surface area contributed by atoms with Crippen molar-refractivity contribution in [1.82, 2.24) is 10.6 Å². The van der Waals surface area contributed by atoms with Crippen LogP contribution in [-0.4, -0.2) is 19.0 Å². The number of hydrogen-bond acceptors (Lipinski definition) is 3. The molecule has 0 spiro atoms. The van der Waals surface area contributed by atoms with Crippen LogP contribution < -0.4 is 15.4 Å². The molecule has 0 aromatic heterocycles. The van der Waals surface area contributed by atoms with Crippen LogP contribution in [0.5, 0.6) is 5.75 Å². The highest BCUT2D eigenvalue weighted by Gasteiger charge is 2.22. The van der Waals surface area contributed by atoms with Gasteiger partial charge in [0.15, 0.2) is 0 Å². The molecule has 0 aliphatic carbocycles. The Kier molecular flexibility index (Phi) is 4.17. The standard InChI is InChI=1S/C17H18N2O2/c20-17-16(18-10-11-19-17)14-6-8-15(9-7-14)21-12-13-4-2-1-3-5-13/h1-9,16,18H,10-12H2,(H,19,20). The van der Waals surface area contributed by atoms with E-state index in [1.165, 1.54) is 0 Å². The SMILES string of the molecule is O=C1NCCNC1c1ccc(OCc2ccccc2)cc1. The third-order valence-electron chi connectivity index (χ3n) is 3.50. The summed E-state index contributed by atoms with van der Waals surface area (Å²) in [6.45, 7) is 2.03. The van der Waals surface area contributed by atoms with E-state index in [0.717, 1.165) is 23.4 Å². The van der Waals surface area contributed by atoms with Gasteiger partial charge < -0.3 is 15.4 Å². The molecule has 1 saturated heterocycles. The number of benzene rings is 2. The van der Waals surface area contributed by atoms with Crippen LogP contribution in [0.4, 0.5) is 0 Å². The molecule has 108 valence electrons. The van der Waals surface area contributed by atoms with Gasteiger partial charge in [-0.3, -0.25) is 4.79 Å². The molecule has 1 atom stereocenters. The maximum absolute atomic E-state index is 11.8. The van der Waals surface area contributed by atoms with Crippen LogP contribution in [0.15, 0.2) is 54.6 Å². The maximum Gasteiger partial charge on any atom is 0.241 e. The summed E-state index contributed by atoms with van der Waals surface area (Å²) in [5, 5.41) is 6.07. The number of hydrogen-bond donors (Lipinski definition) is 2. The predicted molar refractivity (Wildman–Crippen MR) is 81.0 cm³/mol. The van der Waals surface area contributed by atoms with Gasteiger partial charge in [0, 0.05) is 13.1 Å². The lowest BCUT2D eigenvalue weighted by Crippen LogP contribution is -2.47. The first kappa shape index (κ1) is 13.6. The summed E-state index contributed by atoms with van der Waals surface area (Å²) in [5.74, 6) is 0.832. The van der Waals surface area contributed by atoms with E-state index in [0.29, 0.717) is 13.2 Å². The first-order valence-electron chi connectivity index (χ1n) is 7.11. The molecule has 1 amide bonds. The van der Waals surface area contributed by atoms with E-state index in [1.54, 1.807) is 0 Å². The van der Waals surface area contributed by atoms with Crippen LogP contribution in [-0.2, 0) is 11.4 Å². The second-order valence-electron chi connectivity index (χ2n) is 5.02. The summed E-state index contributed by atoms with van der Waals surface area (Å²) in [4.78, 5) is 11.8. The van der Waals surface area contributed by atoms with Crippen molar-refractivity contribution in [3.05, 3.63) is 65.7 Å². The zero-order valence-electron chi connectivity index (χ0n) is 11.7. The number of carbonyl (C=O) groups excluding carboxylic acids is 1. The van der Waals surface area contributed by atoms with Gasteiger partial charge in [-0.1, -0.05) is 42.5 Å². The molecule has 2 N–H and O–H groups in total. The number of carbonyl (C=O) groups is 1. The van der Waals surface area contributed by atoms with E-state index >= 15 is 0 Å². The molecule has 0 saturated carbocycles. The topological polar surface area (TPSA) is 50.4 Å². The molecule has 0 bridgehead atoms. The number of nitrogens with one attached hydrogen (secondary N) is 2. The van der Waals surface area contributed by atoms with Gasteiger partial charge in [0.2, 0.25) is 5.91 Å². The monoisotopic (exact) mass is 282 g/mol. The van der Waals surface area contributed by atoms with Gasteiger partial charge in [0.05, 0.1) is 0 Å². The molecule has 0 radical (unpaired) electrons. The van der Waals surface area contributed by atoms with Gasteiger partial charge in [-0.2, -0.15) is 0 Å². The minimum absolute atomic E-state index is 0.0270. The largest absolute Gasteiger partial charge is 0.489 e. The first-order chi connectivity index (χ1) is 10.3. The summed E-state index contributed by atoms with van der Waals surface area (Å²) >= 11 is 0. The van der Waals surface area contributed by atoms with Crippen LogP contribution in [0.25, 0.3) is 0 Å². The third-order valence-corrected chi connectivity index (χ3v) is 3.50. The van der Waals surface area contributed by atoms with E-state index in [-0.39, 0.29) is 11.9 Å². The van der Waals surface area contributed by atoms with Gasteiger partial charge in [-0.25, -0.2) is 0 Å². The van der Waals surface area contributed by atoms with Crippen molar-refractivity contribution in [2.75, 3.05) is 13.1 Å². The van der Waals surface area contributed by atoms with Crippen molar-refractivity contribution in [3.63, 3.8) is 0 Å². The van der Waals surface area contributed by atoms with Gasteiger partial charge in [0.1, 0.15) is 18.4 Å². The van der Waals surface area contributed by atoms with Crippen molar-refractivity contribution in [1.29, 1.82) is 0 Å². The predicted octanol–water partition coefficient (Wildman–Crippen LogP) is 2.03. The Morgan fingerprint density at radius 2 is 1.76 bits per heavy atom. The lowest BCUT2D eigenvalue weighted by atomic mass is 10.0. The summed E-state index contributed by atoms with van der Waals surface area (Å²) in [6, 6.07) is 17.5. The molecule has 2 aromatic carbocycles. The maximum atomic E-state index is 11.8. The van der Waals surface area contributed by atoms with E-state index < -0.39 is 0 Å². The Balaban J connectivity index is 1.62. The fraction of sp³-hybridized carbons (Fsp3) is 0.235. The average Bonchev–Trinajstić information content (AvgIpc) is 2.55. The first-order valence-corrected chi connectivity index (χ1v) is 7.11. The highest BCUT2D eigenvalue weighted by Crippen LogP contribution is 2.20. The van der Waals surface area contributed by atoms with Crippen LogP contribution >= 0.6 is 0 Å². The second-order valence-corrected chi connectivity index (χ2v) is 5.02. The van der Waals surface area contributed by atoms with E-state index in [1.807, 2.05) is 54.6 Å².